The summed E-state index contributed by atoms with van der Waals surface area (Å²) in [6, 6.07) is 16.0. The molecular formula is C39H65N7O4. The summed E-state index contributed by atoms with van der Waals surface area (Å²) in [7, 11) is 5.47. The van der Waals surface area contributed by atoms with E-state index in [4.69, 9.17) is 10.5 Å². The average Bonchev–Trinajstić information content (AvgIpc) is 3.52. The number of nitrogens with one attached hydrogen (secondary N) is 3. The number of amides is 1. The largest absolute Gasteiger partial charge is 0.462 e. The Balaban J connectivity index is 0. The molecule has 280 valence electrons. The van der Waals surface area contributed by atoms with Crippen LogP contribution >= 0.6 is 0 Å². The van der Waals surface area contributed by atoms with Gasteiger partial charge in [-0.1, -0.05) is 51.7 Å². The summed E-state index contributed by atoms with van der Waals surface area (Å²) in [4.78, 5) is 22.8. The first-order chi connectivity index (χ1) is 23.6. The van der Waals surface area contributed by atoms with Crippen LogP contribution in [0.5, 0.6) is 0 Å². The molecule has 1 heterocycles. The number of alkyl carbamates (subject to hydrolysis) is 1. The molecular weight excluding hydrogens is 630 g/mol. The van der Waals surface area contributed by atoms with Crippen molar-refractivity contribution in [3.05, 3.63) is 65.4 Å². The minimum atomic E-state index is -0.391. The van der Waals surface area contributed by atoms with Crippen LogP contribution in [0.4, 0.5) is 16.2 Å². The fourth-order valence-corrected chi connectivity index (χ4v) is 3.76. The average molecular weight is 696 g/mol. The number of carbonyl (C=O) groups is 2. The maximum absolute atomic E-state index is 10.9. The SMILES string of the molecule is CC.CC(C)(C)OC=O.CCCN(C)Cc1cc(-c2ccc(C#Cc3ccc(NC)c(N)c3)cc2)n[nH]1.CCCNC(=O)OC(C)(C)C.CN. The molecule has 11 heteroatoms. The summed E-state index contributed by atoms with van der Waals surface area (Å²) in [5.41, 5.74) is 16.4. The van der Waals surface area contributed by atoms with Gasteiger partial charge in [0.15, 0.2) is 0 Å². The number of hydrogen-bond donors (Lipinski definition) is 5. The summed E-state index contributed by atoms with van der Waals surface area (Å²) in [6.07, 6.45) is 1.74. The van der Waals surface area contributed by atoms with Crippen LogP contribution in [0, 0.1) is 11.8 Å². The van der Waals surface area contributed by atoms with Crippen LogP contribution in [-0.2, 0) is 20.8 Å². The standard InChI is InChI=1S/C23H27N5.C8H17NO2.C5H10O2.C2H6.CH5N/c1-4-13-28(3)16-20-15-23(27-26-20)19-10-7-17(8-11-19)5-6-18-9-12-22(25-2)21(24)14-18;1-5-6-9-7(10)11-8(2,3)4;1-5(2,3)7-4-6;2*1-2/h7-12,14-15,25H,4,13,16,24H2,1-3H3,(H,26,27);5-6H2,1-4H3,(H,9,10);4H,1-3H3;1-2H3;2H2,1H3. The molecule has 0 radical (unpaired) electrons. The molecule has 0 atom stereocenters. The van der Waals surface area contributed by atoms with E-state index in [1.807, 2.05) is 99.7 Å². The minimum absolute atomic E-state index is 0.318. The molecule has 0 unspecified atom stereocenters. The Kier molecular flexibility index (Phi) is 25.1. The lowest BCUT2D eigenvalue weighted by atomic mass is 10.1. The molecule has 0 aliphatic rings. The third kappa shape index (κ3) is 22.9. The van der Waals surface area contributed by atoms with Crippen molar-refractivity contribution in [3.8, 4) is 23.1 Å². The van der Waals surface area contributed by atoms with Crippen LogP contribution in [-0.4, -0.2) is 73.1 Å². The summed E-state index contributed by atoms with van der Waals surface area (Å²) in [5.74, 6) is 6.35. The maximum atomic E-state index is 10.9. The van der Waals surface area contributed by atoms with Crippen LogP contribution in [0.3, 0.4) is 0 Å². The number of aromatic amines is 1. The van der Waals surface area contributed by atoms with Crippen molar-refractivity contribution in [3.63, 3.8) is 0 Å². The van der Waals surface area contributed by atoms with Crippen molar-refractivity contribution in [1.29, 1.82) is 0 Å². The molecule has 7 N–H and O–H groups in total. The third-order valence-electron chi connectivity index (χ3n) is 5.85. The first-order valence-electron chi connectivity index (χ1n) is 17.2. The summed E-state index contributed by atoms with van der Waals surface area (Å²) in [5, 5.41) is 13.3. The van der Waals surface area contributed by atoms with E-state index in [9.17, 15) is 9.59 Å². The second-order valence-electron chi connectivity index (χ2n) is 12.7. The molecule has 50 heavy (non-hydrogen) atoms. The number of aromatic nitrogens is 2. The van der Waals surface area contributed by atoms with Crippen LogP contribution in [0.25, 0.3) is 11.3 Å². The first-order valence-corrected chi connectivity index (χ1v) is 17.2. The molecule has 2 aromatic carbocycles. The number of rotatable bonds is 9. The molecule has 0 bridgehead atoms. The Morgan fingerprint density at radius 1 is 0.940 bits per heavy atom. The van der Waals surface area contributed by atoms with Crippen molar-refractivity contribution in [2.75, 3.05) is 45.3 Å². The lowest BCUT2D eigenvalue weighted by molar-refractivity contribution is -0.138. The number of nitrogens with two attached hydrogens (primary N) is 2. The van der Waals surface area contributed by atoms with Crippen molar-refractivity contribution < 1.29 is 19.1 Å². The lowest BCUT2D eigenvalue weighted by Crippen LogP contribution is -2.32. The molecule has 1 amide bonds. The highest BCUT2D eigenvalue weighted by molar-refractivity contribution is 5.69. The Hall–Kier alpha value is -4.53. The third-order valence-corrected chi connectivity index (χ3v) is 5.85. The zero-order chi connectivity index (χ0) is 38.8. The molecule has 3 rings (SSSR count). The van der Waals surface area contributed by atoms with E-state index in [2.05, 4.69) is 80.2 Å². The van der Waals surface area contributed by atoms with Gasteiger partial charge in [-0.05, 0) is 111 Å². The zero-order valence-electron chi connectivity index (χ0n) is 32.9. The van der Waals surface area contributed by atoms with Gasteiger partial charge in [0, 0.05) is 42.5 Å². The minimum Gasteiger partial charge on any atom is -0.462 e. The quantitative estimate of drug-likeness (QED) is 0.0872. The van der Waals surface area contributed by atoms with Crippen LogP contribution < -0.4 is 22.1 Å². The predicted octanol–water partition coefficient (Wildman–Crippen LogP) is 7.42. The topological polar surface area (TPSA) is 161 Å². The second kappa shape index (κ2) is 26.4. The second-order valence-corrected chi connectivity index (χ2v) is 12.7. The molecule has 0 saturated carbocycles. The van der Waals surface area contributed by atoms with Gasteiger partial charge in [0.05, 0.1) is 17.1 Å². The molecule has 0 fully saturated rings. The van der Waals surface area contributed by atoms with Gasteiger partial charge >= 0.3 is 6.09 Å². The van der Waals surface area contributed by atoms with Crippen molar-refractivity contribution in [1.82, 2.24) is 20.4 Å². The van der Waals surface area contributed by atoms with Crippen molar-refractivity contribution >= 4 is 23.9 Å². The lowest BCUT2D eigenvalue weighted by Gasteiger charge is -2.19. The van der Waals surface area contributed by atoms with E-state index in [0.717, 1.165) is 59.7 Å². The van der Waals surface area contributed by atoms with Gasteiger partial charge in [-0.3, -0.25) is 9.89 Å². The van der Waals surface area contributed by atoms with Crippen LogP contribution in [0.2, 0.25) is 0 Å². The molecule has 0 aliphatic heterocycles. The number of nitrogens with zero attached hydrogens (tertiary/aromatic N) is 2. The summed E-state index contributed by atoms with van der Waals surface area (Å²) < 4.78 is 9.54. The number of benzene rings is 2. The molecule has 1 aromatic heterocycles. The Morgan fingerprint density at radius 3 is 1.98 bits per heavy atom. The fourth-order valence-electron chi connectivity index (χ4n) is 3.76. The maximum Gasteiger partial charge on any atom is 0.407 e. The highest BCUT2D eigenvalue weighted by Gasteiger charge is 2.15. The molecule has 3 aromatic rings. The Morgan fingerprint density at radius 2 is 1.52 bits per heavy atom. The number of carbonyl (C=O) groups excluding carboxylic acids is 2. The van der Waals surface area contributed by atoms with E-state index in [0.29, 0.717) is 18.7 Å². The number of H-pyrrole nitrogens is 1. The van der Waals surface area contributed by atoms with Gasteiger partial charge in [0.25, 0.3) is 6.47 Å². The van der Waals surface area contributed by atoms with Crippen molar-refractivity contribution in [2.24, 2.45) is 5.73 Å². The number of ether oxygens (including phenoxy) is 2. The van der Waals surface area contributed by atoms with Gasteiger partial charge in [-0.25, -0.2) is 4.79 Å². The van der Waals surface area contributed by atoms with Gasteiger partial charge < -0.3 is 36.5 Å². The fraction of sp³-hybridized carbons (Fsp3) is 0.513. The van der Waals surface area contributed by atoms with Gasteiger partial charge in [-0.15, -0.1) is 0 Å². The van der Waals surface area contributed by atoms with Crippen LogP contribution in [0.1, 0.15) is 98.9 Å². The molecule has 0 spiro atoms. The highest BCUT2D eigenvalue weighted by Crippen LogP contribution is 2.20. The summed E-state index contributed by atoms with van der Waals surface area (Å²) >= 11 is 0. The highest BCUT2D eigenvalue weighted by atomic mass is 16.6. The van der Waals surface area contributed by atoms with E-state index in [-0.39, 0.29) is 11.7 Å². The van der Waals surface area contributed by atoms with E-state index in [1.165, 1.54) is 7.05 Å². The van der Waals surface area contributed by atoms with Crippen LogP contribution in [0.15, 0.2) is 48.5 Å². The van der Waals surface area contributed by atoms with Gasteiger partial charge in [0.2, 0.25) is 0 Å². The molecule has 0 aliphatic carbocycles. The number of anilines is 2. The molecule has 0 saturated heterocycles. The predicted molar refractivity (Wildman–Crippen MR) is 210 cm³/mol. The van der Waals surface area contributed by atoms with Gasteiger partial charge in [-0.2, -0.15) is 5.10 Å². The zero-order valence-corrected chi connectivity index (χ0v) is 32.9. The van der Waals surface area contributed by atoms with E-state index in [1.54, 1.807) is 0 Å². The monoisotopic (exact) mass is 696 g/mol. The van der Waals surface area contributed by atoms with E-state index < -0.39 is 5.60 Å². The van der Waals surface area contributed by atoms with Gasteiger partial charge in [0.1, 0.15) is 11.2 Å². The van der Waals surface area contributed by atoms with Crippen molar-refractivity contribution in [2.45, 2.75) is 99.8 Å². The number of nitrogen functional groups attached to an aromatic ring is 1. The molecule has 11 nitrogen and oxygen atoms in total. The first kappa shape index (κ1) is 47.6. The summed E-state index contributed by atoms with van der Waals surface area (Å²) in [6.45, 7) is 22.3. The Labute approximate surface area is 302 Å². The van der Waals surface area contributed by atoms with E-state index >= 15 is 0 Å². The number of hydrogen-bond acceptors (Lipinski definition) is 9. The smallest absolute Gasteiger partial charge is 0.407 e. The normalized spacial score (nSPS) is 10.1. The Bertz CT molecular complexity index is 1400.